The molecule has 1 aliphatic heterocycles. The fraction of sp³-hybridized carbons (Fsp3) is 0.316. The van der Waals surface area contributed by atoms with Gasteiger partial charge in [0.2, 0.25) is 5.82 Å². The molecule has 1 atom stereocenters. The number of methoxy groups -OCH3 is 1. The van der Waals surface area contributed by atoms with E-state index in [0.717, 1.165) is 12.1 Å². The first-order valence-corrected chi connectivity index (χ1v) is 9.53. The number of benzene rings is 1. The molecule has 12 heteroatoms. The number of carbonyl (C=O) groups excluding carboxylic acids is 1. The summed E-state index contributed by atoms with van der Waals surface area (Å²) < 4.78 is 46.3. The normalized spacial score (nSPS) is 16.2. The number of rotatable bonds is 3. The summed E-state index contributed by atoms with van der Waals surface area (Å²) in [5.74, 6) is 1.11. The Kier molecular flexibility index (Phi) is 5.29. The number of amides is 1. The maximum absolute atomic E-state index is 13.2. The van der Waals surface area contributed by atoms with E-state index in [1.165, 1.54) is 30.5 Å². The van der Waals surface area contributed by atoms with Crippen LogP contribution in [0.2, 0.25) is 5.02 Å². The topological polar surface area (TPSA) is 86.0 Å². The summed E-state index contributed by atoms with van der Waals surface area (Å²) >= 11 is 5.94. The lowest BCUT2D eigenvalue weighted by atomic mass is 10.1. The number of alkyl halides is 3. The minimum absolute atomic E-state index is 0.0513. The highest BCUT2D eigenvalue weighted by molar-refractivity contribution is 6.34. The largest absolute Gasteiger partial charge is 0.494 e. The van der Waals surface area contributed by atoms with Crippen LogP contribution >= 0.6 is 11.6 Å². The van der Waals surface area contributed by atoms with Crippen LogP contribution in [-0.4, -0.2) is 48.7 Å². The smallest absolute Gasteiger partial charge is 0.417 e. The first kappa shape index (κ1) is 21.0. The zero-order chi connectivity index (χ0) is 22.3. The fourth-order valence-corrected chi connectivity index (χ4v) is 3.67. The molecule has 1 aromatic carbocycles. The van der Waals surface area contributed by atoms with Gasteiger partial charge in [-0.3, -0.25) is 4.79 Å². The van der Waals surface area contributed by atoms with E-state index in [-0.39, 0.29) is 18.2 Å². The molecule has 1 amide bonds. The molecule has 0 fully saturated rings. The van der Waals surface area contributed by atoms with Crippen LogP contribution in [0.25, 0.3) is 11.6 Å². The monoisotopic (exact) mass is 452 g/mol. The number of halogens is 4. The molecular weight excluding hydrogens is 437 g/mol. The zero-order valence-electron chi connectivity index (χ0n) is 16.4. The van der Waals surface area contributed by atoms with Crippen molar-refractivity contribution in [2.24, 2.45) is 0 Å². The molecule has 0 saturated carbocycles. The van der Waals surface area contributed by atoms with Crippen molar-refractivity contribution in [2.75, 3.05) is 7.11 Å². The Balaban J connectivity index is 1.63. The van der Waals surface area contributed by atoms with Gasteiger partial charge in [0.1, 0.15) is 0 Å². The van der Waals surface area contributed by atoms with Gasteiger partial charge in [-0.15, -0.1) is 10.2 Å². The van der Waals surface area contributed by atoms with Gasteiger partial charge in [-0.05, 0) is 19.1 Å². The molecule has 3 aromatic rings. The number of fused-ring (bicyclic) bond motifs is 1. The highest BCUT2D eigenvalue weighted by Gasteiger charge is 2.37. The maximum Gasteiger partial charge on any atom is 0.417 e. The van der Waals surface area contributed by atoms with E-state index < -0.39 is 22.7 Å². The second kappa shape index (κ2) is 7.80. The first-order valence-electron chi connectivity index (χ1n) is 9.16. The van der Waals surface area contributed by atoms with Crippen LogP contribution in [0.4, 0.5) is 13.2 Å². The Morgan fingerprint density at radius 1 is 1.23 bits per heavy atom. The van der Waals surface area contributed by atoms with Crippen LogP contribution in [-0.2, 0) is 19.3 Å². The molecule has 2 aromatic heterocycles. The lowest BCUT2D eigenvalue weighted by Gasteiger charge is -2.34. The number of carbonyl (C=O) groups is 1. The average Bonchev–Trinajstić information content (AvgIpc) is 3.14. The van der Waals surface area contributed by atoms with Gasteiger partial charge >= 0.3 is 6.18 Å². The Hall–Kier alpha value is -3.21. The van der Waals surface area contributed by atoms with Gasteiger partial charge < -0.3 is 14.2 Å². The molecule has 0 N–H and O–H groups in total. The van der Waals surface area contributed by atoms with Crippen molar-refractivity contribution >= 4 is 17.5 Å². The molecule has 0 spiro atoms. The zero-order valence-corrected chi connectivity index (χ0v) is 17.1. The molecule has 0 bridgehead atoms. The molecule has 3 heterocycles. The van der Waals surface area contributed by atoms with E-state index in [1.807, 2.05) is 0 Å². The number of hydrogen-bond acceptors (Lipinski definition) is 6. The lowest BCUT2D eigenvalue weighted by molar-refractivity contribution is -0.137. The summed E-state index contributed by atoms with van der Waals surface area (Å²) in [6.07, 6.45) is -1.66. The summed E-state index contributed by atoms with van der Waals surface area (Å²) in [5, 5.41) is 7.61. The van der Waals surface area contributed by atoms with E-state index in [1.54, 1.807) is 11.5 Å². The Labute approximate surface area is 179 Å². The molecule has 1 aliphatic rings. The molecule has 0 saturated heterocycles. The molecule has 162 valence electrons. The van der Waals surface area contributed by atoms with E-state index in [4.69, 9.17) is 16.3 Å². The molecule has 8 nitrogen and oxygen atoms in total. The van der Waals surface area contributed by atoms with Gasteiger partial charge in [-0.1, -0.05) is 17.7 Å². The second-order valence-electron chi connectivity index (χ2n) is 6.94. The molecule has 4 rings (SSSR count). The Morgan fingerprint density at radius 2 is 1.94 bits per heavy atom. The van der Waals surface area contributed by atoms with Crippen LogP contribution in [0, 0.1) is 0 Å². The Morgan fingerprint density at radius 3 is 2.58 bits per heavy atom. The summed E-state index contributed by atoms with van der Waals surface area (Å²) in [6.45, 7) is 2.14. The van der Waals surface area contributed by atoms with Crippen LogP contribution < -0.4 is 4.74 Å². The predicted molar refractivity (Wildman–Crippen MR) is 103 cm³/mol. The third-order valence-corrected chi connectivity index (χ3v) is 5.38. The van der Waals surface area contributed by atoms with Gasteiger partial charge in [0.25, 0.3) is 5.91 Å². The Bertz CT molecular complexity index is 1130. The van der Waals surface area contributed by atoms with Gasteiger partial charge in [0.15, 0.2) is 17.4 Å². The molecule has 0 radical (unpaired) electrons. The molecule has 0 aliphatic carbocycles. The third-order valence-electron chi connectivity index (χ3n) is 4.98. The molecule has 31 heavy (non-hydrogen) atoms. The second-order valence-corrected chi connectivity index (χ2v) is 7.32. The standard InChI is InChI=1S/C19H16ClF3N6O2/c1-10-8-29-14(26-27-17(29)16-24-6-11(31-2)7-25-16)9-28(10)18(30)12-4-3-5-13(15(12)20)19(21,22)23/h3-7,10H,8-9H2,1-2H3/t10-/m0/s1. The number of ether oxygens (including phenoxy) is 1. The van der Waals surface area contributed by atoms with Crippen molar-refractivity contribution in [3.8, 4) is 17.4 Å². The predicted octanol–water partition coefficient (Wildman–Crippen LogP) is 3.46. The van der Waals surface area contributed by atoms with Crippen LogP contribution in [0.15, 0.2) is 30.6 Å². The highest BCUT2D eigenvalue weighted by atomic mass is 35.5. The number of aromatic nitrogens is 5. The van der Waals surface area contributed by atoms with Crippen LogP contribution in [0.5, 0.6) is 5.75 Å². The quantitative estimate of drug-likeness (QED) is 0.605. The fourth-order valence-electron chi connectivity index (χ4n) is 3.36. The lowest BCUT2D eigenvalue weighted by Crippen LogP contribution is -2.45. The minimum Gasteiger partial charge on any atom is -0.494 e. The van der Waals surface area contributed by atoms with Crippen molar-refractivity contribution in [1.29, 1.82) is 0 Å². The number of nitrogens with zero attached hydrogens (tertiary/aromatic N) is 6. The van der Waals surface area contributed by atoms with Gasteiger partial charge in [-0.2, -0.15) is 13.2 Å². The summed E-state index contributed by atoms with van der Waals surface area (Å²) in [5.41, 5.74) is -1.26. The van der Waals surface area contributed by atoms with Crippen LogP contribution in [0.3, 0.4) is 0 Å². The molecular formula is C19H16ClF3N6O2. The van der Waals surface area contributed by atoms with Gasteiger partial charge in [-0.25, -0.2) is 9.97 Å². The van der Waals surface area contributed by atoms with Crippen molar-refractivity contribution in [3.63, 3.8) is 0 Å². The highest BCUT2D eigenvalue weighted by Crippen LogP contribution is 2.37. The SMILES string of the molecule is COc1cnc(-c2nnc3n2C[C@H](C)N(C(=O)c2cccc(C(F)(F)F)c2Cl)C3)nc1. The minimum atomic E-state index is -4.66. The molecule has 0 unspecified atom stereocenters. The maximum atomic E-state index is 13.2. The van der Waals surface area contributed by atoms with Crippen molar-refractivity contribution in [1.82, 2.24) is 29.6 Å². The van der Waals surface area contributed by atoms with E-state index >= 15 is 0 Å². The summed E-state index contributed by atoms with van der Waals surface area (Å²) in [6, 6.07) is 2.93. The van der Waals surface area contributed by atoms with Crippen molar-refractivity contribution < 1.29 is 22.7 Å². The average molecular weight is 453 g/mol. The van der Waals surface area contributed by atoms with Crippen molar-refractivity contribution in [3.05, 3.63) is 52.6 Å². The van der Waals surface area contributed by atoms with E-state index in [2.05, 4.69) is 20.2 Å². The van der Waals surface area contributed by atoms with E-state index in [0.29, 0.717) is 29.8 Å². The van der Waals surface area contributed by atoms with Gasteiger partial charge in [0.05, 0.1) is 42.2 Å². The van der Waals surface area contributed by atoms with Crippen molar-refractivity contribution in [2.45, 2.75) is 32.2 Å². The summed E-state index contributed by atoms with van der Waals surface area (Å²) in [4.78, 5) is 22.9. The van der Waals surface area contributed by atoms with Gasteiger partial charge in [0, 0.05) is 12.6 Å². The van der Waals surface area contributed by atoms with E-state index in [9.17, 15) is 18.0 Å². The third kappa shape index (κ3) is 3.80. The summed E-state index contributed by atoms with van der Waals surface area (Å²) in [7, 11) is 1.50. The first-order chi connectivity index (χ1) is 14.7. The van der Waals surface area contributed by atoms with Crippen LogP contribution in [0.1, 0.15) is 28.7 Å². The number of hydrogen-bond donors (Lipinski definition) is 0.